The van der Waals surface area contributed by atoms with Gasteiger partial charge in [-0.2, -0.15) is 0 Å². The van der Waals surface area contributed by atoms with Gasteiger partial charge in [-0.3, -0.25) is 9.59 Å². The summed E-state index contributed by atoms with van der Waals surface area (Å²) in [7, 11) is 0. The number of hydrogen-bond acceptors (Lipinski definition) is 3. The summed E-state index contributed by atoms with van der Waals surface area (Å²) in [4.78, 5) is 21.8. The first-order valence-electron chi connectivity index (χ1n) is 3.41. The van der Waals surface area contributed by atoms with Crippen LogP contribution in [0, 0.1) is 5.92 Å². The first-order chi connectivity index (χ1) is 5.54. The second kappa shape index (κ2) is 3.42. The third-order valence-electron chi connectivity index (χ3n) is 1.73. The third kappa shape index (κ3) is 1.60. The number of nitrogens with one attached hydrogen (secondary N) is 1. The highest BCUT2D eigenvalue weighted by Gasteiger charge is 2.31. The topological polar surface area (TPSA) is 66.4 Å². The highest BCUT2D eigenvalue weighted by Crippen LogP contribution is 2.21. The van der Waals surface area contributed by atoms with Crippen molar-refractivity contribution in [3.63, 3.8) is 0 Å². The van der Waals surface area contributed by atoms with E-state index in [0.29, 0.717) is 3.58 Å². The van der Waals surface area contributed by atoms with E-state index < -0.39 is 11.9 Å². The molecule has 0 aromatic carbocycles. The predicted octanol–water partition coefficient (Wildman–Crippen LogP) is 0.526. The highest BCUT2D eigenvalue weighted by molar-refractivity contribution is 14.1. The smallest absolute Gasteiger partial charge is 0.316 e. The Balaban J connectivity index is 2.91. The van der Waals surface area contributed by atoms with Crippen molar-refractivity contribution in [2.24, 2.45) is 5.92 Å². The molecule has 0 saturated heterocycles. The van der Waals surface area contributed by atoms with Crippen molar-refractivity contribution in [2.45, 2.75) is 6.92 Å². The van der Waals surface area contributed by atoms with E-state index in [1.807, 2.05) is 22.6 Å². The molecule has 0 bridgehead atoms. The fourth-order valence-corrected chi connectivity index (χ4v) is 1.53. The quantitative estimate of drug-likeness (QED) is 0.543. The van der Waals surface area contributed by atoms with Gasteiger partial charge in [0, 0.05) is 12.2 Å². The summed E-state index contributed by atoms with van der Waals surface area (Å²) in [5.74, 6) is -2.27. The lowest BCUT2D eigenvalue weighted by atomic mass is 10.0. The van der Waals surface area contributed by atoms with Gasteiger partial charge in [-0.15, -0.1) is 0 Å². The SMILES string of the molecule is CC1=C(I)C(=O)[C@H](C(=O)O)CN1. The van der Waals surface area contributed by atoms with E-state index >= 15 is 0 Å². The van der Waals surface area contributed by atoms with Crippen molar-refractivity contribution in [1.29, 1.82) is 0 Å². The van der Waals surface area contributed by atoms with Crippen LogP contribution >= 0.6 is 22.6 Å². The van der Waals surface area contributed by atoms with E-state index in [1.54, 1.807) is 6.92 Å². The number of hydrogen-bond donors (Lipinski definition) is 2. The number of carboxylic acids is 1. The zero-order valence-electron chi connectivity index (χ0n) is 6.43. The molecule has 66 valence electrons. The second-order valence-electron chi connectivity index (χ2n) is 2.57. The van der Waals surface area contributed by atoms with Gasteiger partial charge in [0.25, 0.3) is 0 Å². The summed E-state index contributed by atoms with van der Waals surface area (Å²) < 4.78 is 0.492. The van der Waals surface area contributed by atoms with E-state index in [-0.39, 0.29) is 12.3 Å². The van der Waals surface area contributed by atoms with Crippen LogP contribution in [-0.4, -0.2) is 23.4 Å². The summed E-state index contributed by atoms with van der Waals surface area (Å²) in [6.07, 6.45) is 0. The van der Waals surface area contributed by atoms with Crippen molar-refractivity contribution < 1.29 is 14.7 Å². The lowest BCUT2D eigenvalue weighted by Gasteiger charge is -2.20. The molecule has 0 radical (unpaired) electrons. The van der Waals surface area contributed by atoms with Crippen LogP contribution in [0.15, 0.2) is 9.28 Å². The summed E-state index contributed by atoms with van der Waals surface area (Å²) >= 11 is 1.86. The molecule has 1 aliphatic heterocycles. The number of rotatable bonds is 1. The second-order valence-corrected chi connectivity index (χ2v) is 3.65. The van der Waals surface area contributed by atoms with Gasteiger partial charge < -0.3 is 10.4 Å². The predicted molar refractivity (Wildman–Crippen MR) is 50.9 cm³/mol. The van der Waals surface area contributed by atoms with Crippen molar-refractivity contribution in [2.75, 3.05) is 6.54 Å². The minimum atomic E-state index is -1.06. The number of ketones is 1. The molecule has 0 aromatic rings. The van der Waals surface area contributed by atoms with E-state index in [2.05, 4.69) is 5.32 Å². The summed E-state index contributed by atoms with van der Waals surface area (Å²) in [5, 5.41) is 11.5. The molecule has 5 heteroatoms. The number of carbonyl (C=O) groups is 2. The minimum Gasteiger partial charge on any atom is -0.481 e. The molecule has 12 heavy (non-hydrogen) atoms. The van der Waals surface area contributed by atoms with Gasteiger partial charge in [0.2, 0.25) is 0 Å². The summed E-state index contributed by atoms with van der Waals surface area (Å²) in [6, 6.07) is 0. The molecular formula is C7H8INO3. The van der Waals surface area contributed by atoms with Gasteiger partial charge in [-0.05, 0) is 29.5 Å². The molecule has 0 aromatic heterocycles. The maximum absolute atomic E-state index is 11.3. The molecule has 0 fully saturated rings. The van der Waals surface area contributed by atoms with Crippen LogP contribution in [0.4, 0.5) is 0 Å². The molecule has 0 saturated carbocycles. The zero-order chi connectivity index (χ0) is 9.30. The molecule has 1 heterocycles. The maximum atomic E-state index is 11.3. The van der Waals surface area contributed by atoms with Gasteiger partial charge in [-0.1, -0.05) is 0 Å². The zero-order valence-corrected chi connectivity index (χ0v) is 8.58. The Bertz CT molecular complexity index is 272. The summed E-state index contributed by atoms with van der Waals surface area (Å²) in [6.45, 7) is 1.96. The van der Waals surface area contributed by atoms with Crippen molar-refractivity contribution in [3.05, 3.63) is 9.28 Å². The fourth-order valence-electron chi connectivity index (χ4n) is 0.963. The molecule has 4 nitrogen and oxygen atoms in total. The third-order valence-corrected chi connectivity index (χ3v) is 3.07. The van der Waals surface area contributed by atoms with Gasteiger partial charge in [0.15, 0.2) is 5.78 Å². The van der Waals surface area contributed by atoms with E-state index in [4.69, 9.17) is 5.11 Å². The average molecular weight is 281 g/mol. The largest absolute Gasteiger partial charge is 0.481 e. The van der Waals surface area contributed by atoms with Gasteiger partial charge in [0.05, 0.1) is 3.58 Å². The fraction of sp³-hybridized carbons (Fsp3) is 0.429. The van der Waals surface area contributed by atoms with E-state index in [0.717, 1.165) is 5.70 Å². The number of carboxylic acid groups (broad SMARTS) is 1. The number of carbonyl (C=O) groups excluding carboxylic acids is 1. The Kier molecular flexibility index (Phi) is 2.71. The Morgan fingerprint density at radius 2 is 2.33 bits per heavy atom. The van der Waals surface area contributed by atoms with Crippen molar-refractivity contribution in [1.82, 2.24) is 5.32 Å². The molecule has 2 N–H and O–H groups in total. The molecular weight excluding hydrogens is 273 g/mol. The number of Topliss-reactive ketones (excluding diaryl/α,β-unsaturated/α-hetero) is 1. The Morgan fingerprint density at radius 3 is 2.83 bits per heavy atom. The maximum Gasteiger partial charge on any atom is 0.316 e. The minimum absolute atomic E-state index is 0.201. The van der Waals surface area contributed by atoms with Crippen molar-refractivity contribution in [3.8, 4) is 0 Å². The Labute approximate surface area is 83.2 Å². The number of allylic oxidation sites excluding steroid dienone is 2. The van der Waals surface area contributed by atoms with Crippen LogP contribution in [0.25, 0.3) is 0 Å². The lowest BCUT2D eigenvalue weighted by molar-refractivity contribution is -0.145. The number of aliphatic carboxylic acids is 1. The van der Waals surface area contributed by atoms with E-state index in [1.165, 1.54) is 0 Å². The Morgan fingerprint density at radius 1 is 1.75 bits per heavy atom. The normalized spacial score (nSPS) is 23.8. The molecule has 0 spiro atoms. The molecule has 0 unspecified atom stereocenters. The number of halogens is 1. The standard InChI is InChI=1S/C7H8INO3/c1-3-5(8)6(10)4(2-9-3)7(11)12/h4,9H,2H2,1H3,(H,11,12)/t4-/m1/s1. The van der Waals surface area contributed by atoms with Crippen LogP contribution in [0.5, 0.6) is 0 Å². The molecule has 0 amide bonds. The highest BCUT2D eigenvalue weighted by atomic mass is 127. The molecule has 1 atom stereocenters. The van der Waals surface area contributed by atoms with Crippen LogP contribution < -0.4 is 5.32 Å². The Hall–Kier alpha value is -0.590. The van der Waals surface area contributed by atoms with E-state index in [9.17, 15) is 9.59 Å². The van der Waals surface area contributed by atoms with Crippen molar-refractivity contribution >= 4 is 34.3 Å². The van der Waals surface area contributed by atoms with Crippen LogP contribution in [0.3, 0.4) is 0 Å². The molecule has 0 aliphatic carbocycles. The first-order valence-corrected chi connectivity index (χ1v) is 4.49. The van der Waals surface area contributed by atoms with Crippen LogP contribution in [0.2, 0.25) is 0 Å². The molecule has 1 rings (SSSR count). The van der Waals surface area contributed by atoms with Crippen LogP contribution in [-0.2, 0) is 9.59 Å². The molecule has 1 aliphatic rings. The first kappa shape index (κ1) is 9.50. The summed E-state index contributed by atoms with van der Waals surface area (Å²) in [5.41, 5.74) is 0.762. The van der Waals surface area contributed by atoms with Gasteiger partial charge in [0.1, 0.15) is 5.92 Å². The lowest BCUT2D eigenvalue weighted by Crippen LogP contribution is -2.38. The van der Waals surface area contributed by atoms with Crippen LogP contribution in [0.1, 0.15) is 6.92 Å². The van der Waals surface area contributed by atoms with Gasteiger partial charge in [-0.25, -0.2) is 0 Å². The average Bonchev–Trinajstić information content (AvgIpc) is 2.00. The van der Waals surface area contributed by atoms with Gasteiger partial charge >= 0.3 is 5.97 Å². The monoisotopic (exact) mass is 281 g/mol.